The van der Waals surface area contributed by atoms with Crippen LogP contribution in [0.2, 0.25) is 0 Å². The Hall–Kier alpha value is -2.45. The molecule has 1 saturated carbocycles. The number of esters is 3. The van der Waals surface area contributed by atoms with Gasteiger partial charge < -0.3 is 24.1 Å². The lowest BCUT2D eigenvalue weighted by Gasteiger charge is -2.32. The van der Waals surface area contributed by atoms with E-state index in [2.05, 4.69) is 0 Å². The van der Waals surface area contributed by atoms with Gasteiger partial charge in [0.25, 0.3) is 0 Å². The second-order valence-corrected chi connectivity index (χ2v) is 6.76. The van der Waals surface area contributed by atoms with Crippen molar-refractivity contribution in [2.24, 2.45) is 5.92 Å². The predicted octanol–water partition coefficient (Wildman–Crippen LogP) is 1.20. The minimum absolute atomic E-state index is 0.206. The van der Waals surface area contributed by atoms with Crippen LogP contribution in [0.15, 0.2) is 30.3 Å². The molecule has 8 nitrogen and oxygen atoms in total. The third-order valence-electron chi connectivity index (χ3n) is 4.70. The first-order chi connectivity index (χ1) is 12.8. The lowest BCUT2D eigenvalue weighted by molar-refractivity contribution is -0.198. The van der Waals surface area contributed by atoms with Crippen LogP contribution in [0, 0.1) is 5.92 Å². The van der Waals surface area contributed by atoms with Crippen molar-refractivity contribution in [2.75, 3.05) is 6.61 Å². The molecule has 1 N–H and O–H groups in total. The van der Waals surface area contributed by atoms with Gasteiger partial charge in [-0.05, 0) is 30.9 Å². The summed E-state index contributed by atoms with van der Waals surface area (Å²) in [5, 5.41) is 11.3. The Morgan fingerprint density at radius 3 is 2.30 bits per heavy atom. The molecule has 0 bridgehead atoms. The number of hydrogen-bond donors (Lipinski definition) is 1. The van der Waals surface area contributed by atoms with E-state index in [1.54, 1.807) is 30.3 Å². The normalized spacial score (nSPS) is 29.8. The molecule has 0 spiro atoms. The SMILES string of the molecule is CC(=O)OC1O[C@H](COC(=O)c2ccccc2)[C@](O)(C2CC2)[C@H]1OC(C)=O. The molecule has 1 aromatic rings. The van der Waals surface area contributed by atoms with Crippen LogP contribution in [0.5, 0.6) is 0 Å². The quantitative estimate of drug-likeness (QED) is 0.581. The Morgan fingerprint density at radius 2 is 1.74 bits per heavy atom. The van der Waals surface area contributed by atoms with E-state index in [1.807, 2.05) is 0 Å². The molecule has 8 heteroatoms. The number of ether oxygens (including phenoxy) is 4. The summed E-state index contributed by atoms with van der Waals surface area (Å²) in [6, 6.07) is 8.39. The van der Waals surface area contributed by atoms with Crippen molar-refractivity contribution in [3.05, 3.63) is 35.9 Å². The fourth-order valence-electron chi connectivity index (χ4n) is 3.35. The van der Waals surface area contributed by atoms with Crippen LogP contribution < -0.4 is 0 Å². The van der Waals surface area contributed by atoms with E-state index < -0.39 is 42.0 Å². The highest BCUT2D eigenvalue weighted by atomic mass is 16.7. The van der Waals surface area contributed by atoms with E-state index in [9.17, 15) is 19.5 Å². The van der Waals surface area contributed by atoms with Crippen LogP contribution in [0.3, 0.4) is 0 Å². The van der Waals surface area contributed by atoms with Crippen molar-refractivity contribution < 1.29 is 38.4 Å². The zero-order chi connectivity index (χ0) is 19.6. The number of aliphatic hydroxyl groups is 1. The monoisotopic (exact) mass is 378 g/mol. The van der Waals surface area contributed by atoms with Gasteiger partial charge in [-0.15, -0.1) is 0 Å². The Balaban J connectivity index is 1.77. The topological polar surface area (TPSA) is 108 Å². The minimum atomic E-state index is -1.61. The number of rotatable bonds is 6. The van der Waals surface area contributed by atoms with Gasteiger partial charge >= 0.3 is 17.9 Å². The van der Waals surface area contributed by atoms with Gasteiger partial charge in [0, 0.05) is 13.8 Å². The molecule has 1 aromatic carbocycles. The minimum Gasteiger partial charge on any atom is -0.459 e. The molecule has 0 aromatic heterocycles. The maximum Gasteiger partial charge on any atom is 0.338 e. The van der Waals surface area contributed by atoms with Crippen LogP contribution >= 0.6 is 0 Å². The van der Waals surface area contributed by atoms with Gasteiger partial charge in [0.15, 0.2) is 6.10 Å². The third-order valence-corrected chi connectivity index (χ3v) is 4.70. The fraction of sp³-hybridized carbons (Fsp3) is 0.526. The first-order valence-electron chi connectivity index (χ1n) is 8.76. The summed E-state index contributed by atoms with van der Waals surface area (Å²) in [6.45, 7) is 2.12. The number of benzene rings is 1. The highest BCUT2D eigenvalue weighted by molar-refractivity contribution is 5.89. The Bertz CT molecular complexity index is 714. The molecule has 27 heavy (non-hydrogen) atoms. The van der Waals surface area contributed by atoms with Crippen LogP contribution in [0.1, 0.15) is 37.0 Å². The second-order valence-electron chi connectivity index (χ2n) is 6.76. The molecule has 1 heterocycles. The summed E-state index contributed by atoms with van der Waals surface area (Å²) in [7, 11) is 0. The van der Waals surface area contributed by atoms with E-state index in [0.29, 0.717) is 18.4 Å². The zero-order valence-electron chi connectivity index (χ0n) is 15.1. The molecule has 0 amide bonds. The molecule has 4 atom stereocenters. The van der Waals surface area contributed by atoms with E-state index >= 15 is 0 Å². The molecule has 3 rings (SSSR count). The second kappa shape index (κ2) is 7.66. The van der Waals surface area contributed by atoms with Crippen LogP contribution in [0.25, 0.3) is 0 Å². The molecule has 1 saturated heterocycles. The first-order valence-corrected chi connectivity index (χ1v) is 8.76. The molecule has 2 aliphatic rings. The summed E-state index contributed by atoms with van der Waals surface area (Å²) < 4.78 is 21.2. The summed E-state index contributed by atoms with van der Waals surface area (Å²) in [5.41, 5.74) is -1.25. The summed E-state index contributed by atoms with van der Waals surface area (Å²) in [6.07, 6.45) is -2.04. The number of carbonyl (C=O) groups excluding carboxylic acids is 3. The smallest absolute Gasteiger partial charge is 0.338 e. The highest BCUT2D eigenvalue weighted by Crippen LogP contribution is 2.50. The van der Waals surface area contributed by atoms with Gasteiger partial charge in [0.05, 0.1) is 5.56 Å². The Labute approximate surface area is 156 Å². The highest BCUT2D eigenvalue weighted by Gasteiger charge is 2.65. The summed E-state index contributed by atoms with van der Waals surface area (Å²) in [4.78, 5) is 35.1. The summed E-state index contributed by atoms with van der Waals surface area (Å²) >= 11 is 0. The molecule has 1 unspecified atom stereocenters. The number of carbonyl (C=O) groups is 3. The van der Waals surface area contributed by atoms with Crippen LogP contribution in [-0.4, -0.2) is 53.7 Å². The third kappa shape index (κ3) is 4.12. The van der Waals surface area contributed by atoms with Crippen molar-refractivity contribution in [2.45, 2.75) is 50.8 Å². The van der Waals surface area contributed by atoms with E-state index in [-0.39, 0.29) is 12.5 Å². The van der Waals surface area contributed by atoms with Gasteiger partial charge in [0.1, 0.15) is 18.3 Å². The van der Waals surface area contributed by atoms with Crippen molar-refractivity contribution in [3.8, 4) is 0 Å². The van der Waals surface area contributed by atoms with Gasteiger partial charge in [-0.1, -0.05) is 18.2 Å². The summed E-state index contributed by atoms with van der Waals surface area (Å²) in [5.74, 6) is -2.06. The average Bonchev–Trinajstić information content (AvgIpc) is 3.44. The molecule has 1 aliphatic heterocycles. The van der Waals surface area contributed by atoms with Gasteiger partial charge in [0.2, 0.25) is 6.29 Å². The lowest BCUT2D eigenvalue weighted by atomic mass is 9.87. The van der Waals surface area contributed by atoms with Gasteiger partial charge in [-0.25, -0.2) is 4.79 Å². The van der Waals surface area contributed by atoms with Crippen molar-refractivity contribution >= 4 is 17.9 Å². The maximum atomic E-state index is 12.2. The van der Waals surface area contributed by atoms with Crippen molar-refractivity contribution in [3.63, 3.8) is 0 Å². The van der Waals surface area contributed by atoms with Gasteiger partial charge in [-0.3, -0.25) is 9.59 Å². The Morgan fingerprint density at radius 1 is 1.11 bits per heavy atom. The molecular weight excluding hydrogens is 356 g/mol. The van der Waals surface area contributed by atoms with Crippen LogP contribution in [0.4, 0.5) is 0 Å². The van der Waals surface area contributed by atoms with E-state index in [1.165, 1.54) is 13.8 Å². The van der Waals surface area contributed by atoms with Crippen molar-refractivity contribution in [1.29, 1.82) is 0 Å². The molecule has 146 valence electrons. The average molecular weight is 378 g/mol. The van der Waals surface area contributed by atoms with E-state index in [4.69, 9.17) is 18.9 Å². The zero-order valence-corrected chi connectivity index (χ0v) is 15.1. The maximum absolute atomic E-state index is 12.2. The lowest BCUT2D eigenvalue weighted by Crippen LogP contribution is -2.53. The van der Waals surface area contributed by atoms with Crippen LogP contribution in [-0.2, 0) is 28.5 Å². The van der Waals surface area contributed by atoms with Gasteiger partial charge in [-0.2, -0.15) is 0 Å². The molecular formula is C19H22O8. The molecule has 1 aliphatic carbocycles. The predicted molar refractivity (Wildman–Crippen MR) is 90.4 cm³/mol. The van der Waals surface area contributed by atoms with E-state index in [0.717, 1.165) is 0 Å². The first kappa shape index (κ1) is 19.3. The number of hydrogen-bond acceptors (Lipinski definition) is 8. The molecule has 2 fully saturated rings. The fourth-order valence-corrected chi connectivity index (χ4v) is 3.35. The van der Waals surface area contributed by atoms with Crippen molar-refractivity contribution in [1.82, 2.24) is 0 Å². The Kier molecular flexibility index (Phi) is 5.48. The largest absolute Gasteiger partial charge is 0.459 e. The molecule has 0 radical (unpaired) electrons. The standard InChI is InChI=1S/C19H22O8/c1-11(20)25-16-18(26-12(2)21)27-15(19(16,23)14-8-9-14)10-24-17(22)13-6-4-3-5-7-13/h3-7,14-16,18,23H,8-10H2,1-2H3/t15-,16+,18?,19-/m1/s1.